The van der Waals surface area contributed by atoms with Crippen molar-refractivity contribution < 1.29 is 14.0 Å². The number of hydrogen-bond donors (Lipinski definition) is 2. The molecule has 0 saturated carbocycles. The lowest BCUT2D eigenvalue weighted by molar-refractivity contribution is -0.120. The zero-order valence-corrected chi connectivity index (χ0v) is 11.3. The van der Waals surface area contributed by atoms with Crippen LogP contribution in [0.4, 0.5) is 0 Å². The van der Waals surface area contributed by atoms with E-state index in [0.717, 1.165) is 5.56 Å². The standard InChI is InChI=1S/C13H14N2O3S/c1-9-4-6-19-12(9)13(17)15-8-11(16)14-7-10-3-2-5-18-10/h2-6H,7-8H2,1H3,(H,14,16)(H,15,17). The summed E-state index contributed by atoms with van der Waals surface area (Å²) in [7, 11) is 0. The fourth-order valence-electron chi connectivity index (χ4n) is 1.51. The Kier molecular flexibility index (Phi) is 4.35. The lowest BCUT2D eigenvalue weighted by Gasteiger charge is -2.05. The van der Waals surface area contributed by atoms with Crippen molar-refractivity contribution in [1.29, 1.82) is 0 Å². The number of aryl methyl sites for hydroxylation is 1. The molecule has 2 heterocycles. The number of amides is 2. The van der Waals surface area contributed by atoms with E-state index in [1.54, 1.807) is 18.4 Å². The van der Waals surface area contributed by atoms with Gasteiger partial charge >= 0.3 is 0 Å². The van der Waals surface area contributed by atoms with Gasteiger partial charge in [-0.1, -0.05) is 0 Å². The molecule has 0 saturated heterocycles. The molecule has 0 aliphatic rings. The molecule has 19 heavy (non-hydrogen) atoms. The van der Waals surface area contributed by atoms with Crippen LogP contribution in [0.15, 0.2) is 34.3 Å². The van der Waals surface area contributed by atoms with Gasteiger partial charge in [0.25, 0.3) is 5.91 Å². The highest BCUT2D eigenvalue weighted by Gasteiger charge is 2.11. The first-order chi connectivity index (χ1) is 9.16. The van der Waals surface area contributed by atoms with Crippen molar-refractivity contribution in [3.05, 3.63) is 46.0 Å². The first-order valence-corrected chi connectivity index (χ1v) is 6.66. The van der Waals surface area contributed by atoms with Crippen LogP contribution >= 0.6 is 11.3 Å². The molecule has 0 atom stereocenters. The first kappa shape index (κ1) is 13.4. The Morgan fingerprint density at radius 2 is 2.16 bits per heavy atom. The van der Waals surface area contributed by atoms with Gasteiger partial charge in [0.2, 0.25) is 5.91 Å². The fourth-order valence-corrected chi connectivity index (χ4v) is 2.35. The van der Waals surface area contributed by atoms with E-state index in [2.05, 4.69) is 10.6 Å². The molecule has 2 N–H and O–H groups in total. The van der Waals surface area contributed by atoms with E-state index in [-0.39, 0.29) is 18.4 Å². The number of thiophene rings is 1. The van der Waals surface area contributed by atoms with E-state index in [0.29, 0.717) is 17.2 Å². The quantitative estimate of drug-likeness (QED) is 0.874. The van der Waals surface area contributed by atoms with E-state index >= 15 is 0 Å². The zero-order valence-electron chi connectivity index (χ0n) is 10.4. The second-order valence-corrected chi connectivity index (χ2v) is 4.89. The lowest BCUT2D eigenvalue weighted by atomic mass is 10.3. The minimum absolute atomic E-state index is 0.0448. The van der Waals surface area contributed by atoms with Crippen LogP contribution in [0.1, 0.15) is 21.0 Å². The normalized spacial score (nSPS) is 10.2. The number of carbonyl (C=O) groups excluding carboxylic acids is 2. The van der Waals surface area contributed by atoms with Crippen LogP contribution in [-0.4, -0.2) is 18.4 Å². The Morgan fingerprint density at radius 1 is 1.32 bits per heavy atom. The van der Waals surface area contributed by atoms with Gasteiger partial charge in [-0.2, -0.15) is 0 Å². The molecular formula is C13H14N2O3S. The predicted octanol–water partition coefficient (Wildman–Crippen LogP) is 1.70. The Hall–Kier alpha value is -2.08. The molecule has 0 aromatic carbocycles. The van der Waals surface area contributed by atoms with Crippen molar-refractivity contribution in [1.82, 2.24) is 10.6 Å². The van der Waals surface area contributed by atoms with E-state index < -0.39 is 0 Å². The van der Waals surface area contributed by atoms with Crippen molar-refractivity contribution in [3.8, 4) is 0 Å². The number of nitrogens with one attached hydrogen (secondary N) is 2. The molecule has 0 spiro atoms. The third kappa shape index (κ3) is 3.69. The Bertz CT molecular complexity index is 560. The SMILES string of the molecule is Cc1ccsc1C(=O)NCC(=O)NCc1ccco1. The first-order valence-electron chi connectivity index (χ1n) is 5.78. The van der Waals surface area contributed by atoms with Gasteiger partial charge in [0.05, 0.1) is 24.2 Å². The van der Waals surface area contributed by atoms with Crippen LogP contribution in [0, 0.1) is 6.92 Å². The third-order valence-electron chi connectivity index (χ3n) is 2.52. The van der Waals surface area contributed by atoms with Crippen LogP contribution in [0.3, 0.4) is 0 Å². The highest BCUT2D eigenvalue weighted by molar-refractivity contribution is 7.12. The Labute approximate surface area is 114 Å². The minimum Gasteiger partial charge on any atom is -0.467 e. The van der Waals surface area contributed by atoms with Gasteiger partial charge in [0, 0.05) is 0 Å². The molecule has 0 aliphatic carbocycles. The van der Waals surface area contributed by atoms with Crippen molar-refractivity contribution in [2.45, 2.75) is 13.5 Å². The van der Waals surface area contributed by atoms with Gasteiger partial charge in [0.1, 0.15) is 5.76 Å². The summed E-state index contributed by atoms with van der Waals surface area (Å²) in [5, 5.41) is 7.09. The Morgan fingerprint density at radius 3 is 2.79 bits per heavy atom. The molecule has 2 rings (SSSR count). The maximum absolute atomic E-state index is 11.8. The van der Waals surface area contributed by atoms with Crippen LogP contribution in [0.5, 0.6) is 0 Å². The lowest BCUT2D eigenvalue weighted by Crippen LogP contribution is -2.36. The summed E-state index contributed by atoms with van der Waals surface area (Å²) in [6.45, 7) is 2.14. The van der Waals surface area contributed by atoms with Crippen LogP contribution in [0.2, 0.25) is 0 Å². The van der Waals surface area contributed by atoms with E-state index in [4.69, 9.17) is 4.42 Å². The molecule has 100 valence electrons. The second-order valence-electron chi connectivity index (χ2n) is 3.97. The largest absolute Gasteiger partial charge is 0.467 e. The second kappa shape index (κ2) is 6.19. The van der Waals surface area contributed by atoms with Gasteiger partial charge in [-0.25, -0.2) is 0 Å². The molecule has 0 radical (unpaired) electrons. The molecule has 0 aliphatic heterocycles. The van der Waals surface area contributed by atoms with Crippen LogP contribution < -0.4 is 10.6 Å². The Balaban J connectivity index is 1.74. The minimum atomic E-state index is -0.251. The highest BCUT2D eigenvalue weighted by Crippen LogP contribution is 2.14. The van der Waals surface area contributed by atoms with Gasteiger partial charge in [0.15, 0.2) is 0 Å². The summed E-state index contributed by atoms with van der Waals surface area (Å²) >= 11 is 1.36. The van der Waals surface area contributed by atoms with Gasteiger partial charge < -0.3 is 15.1 Å². The van der Waals surface area contributed by atoms with Gasteiger partial charge in [-0.15, -0.1) is 11.3 Å². The maximum atomic E-state index is 11.8. The van der Waals surface area contributed by atoms with Crippen molar-refractivity contribution >= 4 is 23.2 Å². The molecule has 2 aromatic heterocycles. The number of furan rings is 1. The zero-order chi connectivity index (χ0) is 13.7. The number of carbonyl (C=O) groups is 2. The molecule has 0 unspecified atom stereocenters. The summed E-state index contributed by atoms with van der Waals surface area (Å²) in [4.78, 5) is 23.9. The monoisotopic (exact) mass is 278 g/mol. The topological polar surface area (TPSA) is 71.3 Å². The van der Waals surface area contributed by atoms with E-state index in [1.165, 1.54) is 11.3 Å². The van der Waals surface area contributed by atoms with Crippen molar-refractivity contribution in [3.63, 3.8) is 0 Å². The molecule has 0 bridgehead atoms. The van der Waals surface area contributed by atoms with Gasteiger partial charge in [-0.3, -0.25) is 9.59 Å². The van der Waals surface area contributed by atoms with Crippen LogP contribution in [0.25, 0.3) is 0 Å². The fraction of sp³-hybridized carbons (Fsp3) is 0.231. The number of hydrogen-bond acceptors (Lipinski definition) is 4. The highest BCUT2D eigenvalue weighted by atomic mass is 32.1. The van der Waals surface area contributed by atoms with E-state index in [9.17, 15) is 9.59 Å². The summed E-state index contributed by atoms with van der Waals surface area (Å²) in [6.07, 6.45) is 1.54. The summed E-state index contributed by atoms with van der Waals surface area (Å²) < 4.78 is 5.08. The smallest absolute Gasteiger partial charge is 0.262 e. The molecule has 2 aromatic rings. The van der Waals surface area contributed by atoms with Crippen molar-refractivity contribution in [2.75, 3.05) is 6.54 Å². The predicted molar refractivity (Wildman–Crippen MR) is 71.9 cm³/mol. The molecular weight excluding hydrogens is 264 g/mol. The molecule has 2 amide bonds. The maximum Gasteiger partial charge on any atom is 0.262 e. The van der Waals surface area contributed by atoms with Crippen LogP contribution in [-0.2, 0) is 11.3 Å². The van der Waals surface area contributed by atoms with E-state index in [1.807, 2.05) is 18.4 Å². The summed E-state index contributed by atoms with van der Waals surface area (Å²) in [5.74, 6) is 0.202. The molecule has 5 nitrogen and oxygen atoms in total. The molecule has 6 heteroatoms. The average Bonchev–Trinajstić information content (AvgIpc) is 3.04. The summed E-state index contributed by atoms with van der Waals surface area (Å²) in [6, 6.07) is 5.40. The number of rotatable bonds is 5. The average molecular weight is 278 g/mol. The molecule has 0 fully saturated rings. The van der Waals surface area contributed by atoms with Gasteiger partial charge in [-0.05, 0) is 36.1 Å². The van der Waals surface area contributed by atoms with Crippen molar-refractivity contribution in [2.24, 2.45) is 0 Å². The third-order valence-corrected chi connectivity index (χ3v) is 3.53. The summed E-state index contributed by atoms with van der Waals surface area (Å²) in [5.41, 5.74) is 0.915.